The summed E-state index contributed by atoms with van der Waals surface area (Å²) in [5.41, 5.74) is 0. The van der Waals surface area contributed by atoms with Crippen LogP contribution < -0.4 is 0 Å². The van der Waals surface area contributed by atoms with E-state index in [1.807, 2.05) is 12.2 Å². The van der Waals surface area contributed by atoms with Gasteiger partial charge in [-0.1, -0.05) is 36.5 Å². The Labute approximate surface area is 106 Å². The first-order chi connectivity index (χ1) is 6.50. The minimum absolute atomic E-state index is 0. The number of allylic oxidation sites excluding steroid dienone is 6. The molecular weight excluding hydrogens is 276 g/mol. The Kier molecular flexibility index (Phi) is 102. The first-order valence-corrected chi connectivity index (χ1v) is 3.19. The van der Waals surface area contributed by atoms with Gasteiger partial charge in [0.15, 0.2) is 0 Å². The average molecular weight is 290 g/mol. The Morgan fingerprint density at radius 1 is 0.667 bits per heavy atom. The normalized spacial score (nSPS) is 8.80. The Hall–Kier alpha value is -1.08. The molecule has 0 radical (unpaired) electrons. The monoisotopic (exact) mass is 292 g/mol. The van der Waals surface area contributed by atoms with Crippen LogP contribution in [0.4, 0.5) is 0 Å². The van der Waals surface area contributed by atoms with E-state index in [1.165, 1.54) is 0 Å². The second-order valence-corrected chi connectivity index (χ2v) is 1.48. The molecule has 0 saturated carbocycles. The van der Waals surface area contributed by atoms with Crippen molar-refractivity contribution in [3.63, 3.8) is 0 Å². The van der Waals surface area contributed by atoms with Gasteiger partial charge in [-0.25, -0.2) is 0 Å². The fourth-order valence-electron chi connectivity index (χ4n) is 0.521. The average Bonchev–Trinajstić information content (AvgIpc) is 2.58. The van der Waals surface area contributed by atoms with E-state index in [-0.39, 0.29) is 28.5 Å². The SMILES string of the molecule is C1=CC=CCC=C1.[CH-]=O.[CH-]=O.[CH-]=O.[CH3-].[Mo+4]. The standard InChI is InChI=1S/C7H8.3CHO.CH3.Mo/c1-2-4-6-7-5-3-1;3*1-2;;/h1-6H,7H2;3*1H;1H3;/q;4*-1;+4. The summed E-state index contributed by atoms with van der Waals surface area (Å²) >= 11 is 0. The molecule has 4 heteroatoms. The summed E-state index contributed by atoms with van der Waals surface area (Å²) in [5.74, 6) is 0. The van der Waals surface area contributed by atoms with Gasteiger partial charge in [0.25, 0.3) is 0 Å². The van der Waals surface area contributed by atoms with Gasteiger partial charge in [0.05, 0.1) is 0 Å². The van der Waals surface area contributed by atoms with Crippen molar-refractivity contribution >= 4 is 20.4 Å². The number of rotatable bonds is 0. The maximum absolute atomic E-state index is 7.75. The van der Waals surface area contributed by atoms with Gasteiger partial charge < -0.3 is 21.8 Å². The number of hydrogen-bond donors (Lipinski definition) is 0. The molecule has 0 bridgehead atoms. The largest absolute Gasteiger partial charge is 4.00 e. The van der Waals surface area contributed by atoms with Crippen molar-refractivity contribution < 1.29 is 35.4 Å². The summed E-state index contributed by atoms with van der Waals surface area (Å²) in [6.45, 7) is 9.75. The molecule has 0 spiro atoms. The van der Waals surface area contributed by atoms with Crippen molar-refractivity contribution in [2.24, 2.45) is 0 Å². The summed E-state index contributed by atoms with van der Waals surface area (Å²) in [7, 11) is 0. The van der Waals surface area contributed by atoms with E-state index in [0.717, 1.165) is 6.42 Å². The summed E-state index contributed by atoms with van der Waals surface area (Å²) in [5, 5.41) is 0. The maximum Gasteiger partial charge on any atom is 4.00 e. The molecule has 0 amide bonds. The van der Waals surface area contributed by atoms with Gasteiger partial charge in [-0.15, -0.1) is 0 Å². The fourth-order valence-corrected chi connectivity index (χ4v) is 0.521. The van der Waals surface area contributed by atoms with Crippen molar-refractivity contribution in [1.82, 2.24) is 0 Å². The number of hydrogen-bond acceptors (Lipinski definition) is 3. The Bertz CT molecular complexity index is 146. The van der Waals surface area contributed by atoms with Crippen LogP contribution >= 0.6 is 0 Å². The van der Waals surface area contributed by atoms with Gasteiger partial charge in [0.2, 0.25) is 0 Å². The summed E-state index contributed by atoms with van der Waals surface area (Å²) in [4.78, 5) is 23.2. The van der Waals surface area contributed by atoms with Crippen LogP contribution in [0.25, 0.3) is 0 Å². The molecule has 1 aliphatic carbocycles. The molecule has 0 atom stereocenters. The van der Waals surface area contributed by atoms with E-state index < -0.39 is 0 Å². The Balaban J connectivity index is -0.0000000369. The summed E-state index contributed by atoms with van der Waals surface area (Å²) in [6.07, 6.45) is 13.5. The molecule has 0 aromatic heterocycles. The first kappa shape index (κ1) is 29.2. The van der Waals surface area contributed by atoms with Crippen LogP contribution in [0.1, 0.15) is 6.42 Å². The molecule has 0 aliphatic heterocycles. The minimum Gasteiger partial charge on any atom is -0.545 e. The van der Waals surface area contributed by atoms with E-state index in [2.05, 4.69) is 44.7 Å². The van der Waals surface area contributed by atoms with Crippen molar-refractivity contribution in [2.75, 3.05) is 0 Å². The minimum atomic E-state index is 0. The summed E-state index contributed by atoms with van der Waals surface area (Å²) < 4.78 is 0. The predicted molar refractivity (Wildman–Crippen MR) is 58.7 cm³/mol. The van der Waals surface area contributed by atoms with Crippen LogP contribution in [0.5, 0.6) is 0 Å². The smallest absolute Gasteiger partial charge is 0.545 e. The molecule has 0 saturated heterocycles. The molecule has 0 N–H and O–H groups in total. The van der Waals surface area contributed by atoms with Gasteiger partial charge in [0.1, 0.15) is 0 Å². The van der Waals surface area contributed by atoms with Crippen LogP contribution in [0.3, 0.4) is 0 Å². The molecule has 1 aliphatic rings. The Morgan fingerprint density at radius 3 is 1.20 bits per heavy atom. The third kappa shape index (κ3) is 44.0. The fraction of sp³-hybridized carbons (Fsp3) is 0.0909. The molecule has 0 aromatic rings. The van der Waals surface area contributed by atoms with Crippen LogP contribution in [0.15, 0.2) is 36.5 Å². The van der Waals surface area contributed by atoms with Crippen LogP contribution in [-0.4, -0.2) is 20.4 Å². The molecule has 0 heterocycles. The molecule has 0 fully saturated rings. The van der Waals surface area contributed by atoms with E-state index in [0.29, 0.717) is 0 Å². The van der Waals surface area contributed by atoms with E-state index >= 15 is 0 Å². The van der Waals surface area contributed by atoms with Crippen LogP contribution in [-0.2, 0) is 35.4 Å². The van der Waals surface area contributed by atoms with Crippen molar-refractivity contribution in [3.8, 4) is 0 Å². The molecular formula is C11H14MoO3. The molecule has 0 unspecified atom stereocenters. The Morgan fingerprint density at radius 2 is 0.933 bits per heavy atom. The zero-order valence-corrected chi connectivity index (χ0v) is 10.5. The van der Waals surface area contributed by atoms with E-state index in [4.69, 9.17) is 14.4 Å². The van der Waals surface area contributed by atoms with E-state index in [1.54, 1.807) is 0 Å². The third-order valence-corrected chi connectivity index (χ3v) is 0.878. The predicted octanol–water partition coefficient (Wildman–Crippen LogP) is 1.68. The number of carbonyl (C=O) groups excluding carboxylic acids is 3. The molecule has 15 heavy (non-hydrogen) atoms. The molecule has 1 rings (SSSR count). The zero-order valence-electron chi connectivity index (χ0n) is 8.54. The van der Waals surface area contributed by atoms with Crippen molar-refractivity contribution in [2.45, 2.75) is 6.42 Å². The van der Waals surface area contributed by atoms with Gasteiger partial charge in [-0.3, -0.25) is 20.4 Å². The second-order valence-electron chi connectivity index (χ2n) is 1.48. The van der Waals surface area contributed by atoms with Crippen molar-refractivity contribution in [3.05, 3.63) is 43.9 Å². The third-order valence-electron chi connectivity index (χ3n) is 0.878. The molecule has 82 valence electrons. The second kappa shape index (κ2) is 52.4. The molecule has 3 nitrogen and oxygen atoms in total. The van der Waals surface area contributed by atoms with E-state index in [9.17, 15) is 0 Å². The molecule has 0 aromatic carbocycles. The van der Waals surface area contributed by atoms with Gasteiger partial charge in [-0.05, 0) is 6.42 Å². The quantitative estimate of drug-likeness (QED) is 0.387. The topological polar surface area (TPSA) is 51.2 Å². The van der Waals surface area contributed by atoms with Gasteiger partial charge in [-0.2, -0.15) is 0 Å². The maximum atomic E-state index is 7.75. The zero-order chi connectivity index (χ0) is 10.9. The first-order valence-electron chi connectivity index (χ1n) is 3.19. The van der Waals surface area contributed by atoms with Crippen LogP contribution in [0, 0.1) is 7.43 Å². The van der Waals surface area contributed by atoms with Crippen molar-refractivity contribution in [1.29, 1.82) is 0 Å². The van der Waals surface area contributed by atoms with Gasteiger partial charge in [0, 0.05) is 0 Å². The van der Waals surface area contributed by atoms with Gasteiger partial charge >= 0.3 is 21.1 Å². The van der Waals surface area contributed by atoms with Crippen LogP contribution in [0.2, 0.25) is 0 Å². The summed E-state index contributed by atoms with van der Waals surface area (Å²) in [6, 6.07) is 0.